The first-order valence-corrected chi connectivity index (χ1v) is 7.59. The van der Waals surface area contributed by atoms with E-state index in [1.54, 1.807) is 18.7 Å². The Morgan fingerprint density at radius 3 is 2.65 bits per heavy atom. The third-order valence-corrected chi connectivity index (χ3v) is 3.43. The summed E-state index contributed by atoms with van der Waals surface area (Å²) >= 11 is 1.66. The van der Waals surface area contributed by atoms with Crippen molar-refractivity contribution in [3.8, 4) is 0 Å². The summed E-state index contributed by atoms with van der Waals surface area (Å²) in [6.45, 7) is 8.40. The van der Waals surface area contributed by atoms with Gasteiger partial charge in [0.25, 0.3) is 0 Å². The first-order valence-electron chi connectivity index (χ1n) is 6.44. The second kappa shape index (κ2) is 8.81. The molecule has 0 bridgehead atoms. The lowest BCUT2D eigenvalue weighted by Crippen LogP contribution is -2.42. The lowest BCUT2D eigenvalue weighted by Gasteiger charge is -2.25. The van der Waals surface area contributed by atoms with Crippen LogP contribution in [0.25, 0.3) is 0 Å². The zero-order valence-electron chi connectivity index (χ0n) is 11.6. The minimum atomic E-state index is -0.794. The number of unbranched alkanes of at least 4 members (excludes halogenated alkanes) is 1. The number of hydrogen-bond acceptors (Lipinski definition) is 3. The molecule has 1 amide bonds. The van der Waals surface area contributed by atoms with Gasteiger partial charge in [0.05, 0.1) is 11.4 Å². The third kappa shape index (κ3) is 10.6. The molecule has 0 radical (unpaired) electrons. The molecule has 0 aliphatic rings. The molecule has 0 aliphatic heterocycles. The van der Waals surface area contributed by atoms with E-state index in [0.29, 0.717) is 24.6 Å². The van der Waals surface area contributed by atoms with Crippen molar-refractivity contribution in [2.75, 3.05) is 18.1 Å². The van der Waals surface area contributed by atoms with E-state index >= 15 is 0 Å². The largest absolute Gasteiger partial charge is 0.388 e. The van der Waals surface area contributed by atoms with Crippen LogP contribution in [0.5, 0.6) is 0 Å². The molecule has 0 heterocycles. The molecular formula is C13H27NO2S. The van der Waals surface area contributed by atoms with Crippen LogP contribution in [0.1, 0.15) is 47.0 Å². The summed E-state index contributed by atoms with van der Waals surface area (Å²) in [6, 6.07) is 0. The number of amides is 1. The van der Waals surface area contributed by atoms with Gasteiger partial charge in [-0.3, -0.25) is 4.79 Å². The normalized spacial score (nSPS) is 14.7. The van der Waals surface area contributed by atoms with E-state index in [-0.39, 0.29) is 5.91 Å². The monoisotopic (exact) mass is 261 g/mol. The fourth-order valence-electron chi connectivity index (χ4n) is 1.70. The van der Waals surface area contributed by atoms with Crippen molar-refractivity contribution < 1.29 is 9.90 Å². The standard InChI is InChI=1S/C13H27NO2S/c1-5-6-7-17-9-12(15)14-10-13(4,16)8-11(2)3/h11,16H,5-10H2,1-4H3,(H,14,15). The number of carbonyl (C=O) groups is 1. The van der Waals surface area contributed by atoms with Gasteiger partial charge in [0.15, 0.2) is 0 Å². The summed E-state index contributed by atoms with van der Waals surface area (Å²) in [7, 11) is 0. The lowest BCUT2D eigenvalue weighted by molar-refractivity contribution is -0.119. The van der Waals surface area contributed by atoms with Crippen molar-refractivity contribution >= 4 is 17.7 Å². The van der Waals surface area contributed by atoms with E-state index in [4.69, 9.17) is 0 Å². The summed E-state index contributed by atoms with van der Waals surface area (Å²) in [5.74, 6) is 1.99. The molecule has 0 aromatic rings. The number of rotatable bonds is 9. The Balaban J connectivity index is 3.68. The number of aliphatic hydroxyl groups is 1. The van der Waals surface area contributed by atoms with Gasteiger partial charge >= 0.3 is 0 Å². The highest BCUT2D eigenvalue weighted by Crippen LogP contribution is 2.15. The molecule has 0 aromatic carbocycles. The van der Waals surface area contributed by atoms with Crippen molar-refractivity contribution in [3.63, 3.8) is 0 Å². The Morgan fingerprint density at radius 1 is 1.47 bits per heavy atom. The molecule has 0 aromatic heterocycles. The molecule has 2 N–H and O–H groups in total. The minimum Gasteiger partial charge on any atom is -0.388 e. The first kappa shape index (κ1) is 16.8. The number of carbonyl (C=O) groups excluding carboxylic acids is 1. The van der Waals surface area contributed by atoms with Gasteiger partial charge in [-0.1, -0.05) is 27.2 Å². The van der Waals surface area contributed by atoms with Gasteiger partial charge in [0, 0.05) is 6.54 Å². The second-order valence-electron chi connectivity index (χ2n) is 5.28. The molecule has 17 heavy (non-hydrogen) atoms. The Hall–Kier alpha value is -0.220. The van der Waals surface area contributed by atoms with Gasteiger partial charge in [0.2, 0.25) is 5.91 Å². The molecule has 4 heteroatoms. The molecule has 1 unspecified atom stereocenters. The van der Waals surface area contributed by atoms with Crippen molar-refractivity contribution in [1.82, 2.24) is 5.32 Å². The van der Waals surface area contributed by atoms with Crippen LogP contribution >= 0.6 is 11.8 Å². The summed E-state index contributed by atoms with van der Waals surface area (Å²) in [4.78, 5) is 11.5. The SMILES string of the molecule is CCCCSCC(=O)NCC(C)(O)CC(C)C. The van der Waals surface area contributed by atoms with Gasteiger partial charge < -0.3 is 10.4 Å². The van der Waals surface area contributed by atoms with E-state index in [9.17, 15) is 9.90 Å². The van der Waals surface area contributed by atoms with Crippen molar-refractivity contribution in [3.05, 3.63) is 0 Å². The minimum absolute atomic E-state index is 0.0233. The maximum absolute atomic E-state index is 11.5. The van der Waals surface area contributed by atoms with Crippen LogP contribution in [0.2, 0.25) is 0 Å². The topological polar surface area (TPSA) is 49.3 Å². The van der Waals surface area contributed by atoms with Crippen LogP contribution in [-0.4, -0.2) is 34.7 Å². The first-order chi connectivity index (χ1) is 7.87. The number of hydrogen-bond donors (Lipinski definition) is 2. The average Bonchev–Trinajstić information content (AvgIpc) is 2.20. The van der Waals surface area contributed by atoms with Gasteiger partial charge in [-0.05, 0) is 31.4 Å². The van der Waals surface area contributed by atoms with Crippen molar-refractivity contribution in [2.45, 2.75) is 52.6 Å². The molecule has 0 rings (SSSR count). The van der Waals surface area contributed by atoms with Crippen LogP contribution in [0.15, 0.2) is 0 Å². The predicted octanol–water partition coefficient (Wildman–Crippen LogP) is 2.43. The van der Waals surface area contributed by atoms with Gasteiger partial charge in [-0.25, -0.2) is 0 Å². The summed E-state index contributed by atoms with van der Waals surface area (Å²) in [5.41, 5.74) is -0.794. The maximum atomic E-state index is 11.5. The summed E-state index contributed by atoms with van der Waals surface area (Å²) < 4.78 is 0. The Bertz CT molecular complexity index is 217. The van der Waals surface area contributed by atoms with Crippen LogP contribution in [-0.2, 0) is 4.79 Å². The molecule has 0 aliphatic carbocycles. The highest BCUT2D eigenvalue weighted by Gasteiger charge is 2.22. The van der Waals surface area contributed by atoms with E-state index in [2.05, 4.69) is 26.1 Å². The van der Waals surface area contributed by atoms with Crippen LogP contribution in [0, 0.1) is 5.92 Å². The van der Waals surface area contributed by atoms with E-state index in [1.807, 2.05) is 0 Å². The maximum Gasteiger partial charge on any atom is 0.230 e. The Kier molecular flexibility index (Phi) is 8.70. The zero-order valence-corrected chi connectivity index (χ0v) is 12.4. The van der Waals surface area contributed by atoms with E-state index < -0.39 is 5.60 Å². The van der Waals surface area contributed by atoms with Crippen molar-refractivity contribution in [2.24, 2.45) is 5.92 Å². The van der Waals surface area contributed by atoms with Crippen LogP contribution < -0.4 is 5.32 Å². The van der Waals surface area contributed by atoms with Crippen LogP contribution in [0.3, 0.4) is 0 Å². The highest BCUT2D eigenvalue weighted by molar-refractivity contribution is 7.99. The molecular weight excluding hydrogens is 234 g/mol. The molecule has 0 saturated heterocycles. The molecule has 102 valence electrons. The van der Waals surface area contributed by atoms with E-state index in [1.165, 1.54) is 0 Å². The van der Waals surface area contributed by atoms with Gasteiger partial charge in [0.1, 0.15) is 0 Å². The quantitative estimate of drug-likeness (QED) is 0.627. The molecule has 3 nitrogen and oxygen atoms in total. The molecule has 0 saturated carbocycles. The number of nitrogens with one attached hydrogen (secondary N) is 1. The highest BCUT2D eigenvalue weighted by atomic mass is 32.2. The van der Waals surface area contributed by atoms with Crippen LogP contribution in [0.4, 0.5) is 0 Å². The molecule has 1 atom stereocenters. The average molecular weight is 261 g/mol. The lowest BCUT2D eigenvalue weighted by atomic mass is 9.94. The summed E-state index contributed by atoms with van der Waals surface area (Å²) in [5, 5.41) is 12.8. The third-order valence-electron chi connectivity index (χ3n) is 2.39. The second-order valence-corrected chi connectivity index (χ2v) is 6.38. The molecule has 0 spiro atoms. The summed E-state index contributed by atoms with van der Waals surface area (Å²) in [6.07, 6.45) is 3.02. The fourth-order valence-corrected chi connectivity index (χ4v) is 2.63. The fraction of sp³-hybridized carbons (Fsp3) is 0.923. The zero-order chi connectivity index (χ0) is 13.3. The van der Waals surface area contributed by atoms with Gasteiger partial charge in [-0.15, -0.1) is 0 Å². The van der Waals surface area contributed by atoms with E-state index in [0.717, 1.165) is 18.6 Å². The van der Waals surface area contributed by atoms with Crippen molar-refractivity contribution in [1.29, 1.82) is 0 Å². The smallest absolute Gasteiger partial charge is 0.230 e. The Morgan fingerprint density at radius 2 is 2.12 bits per heavy atom. The number of thioether (sulfide) groups is 1. The Labute approximate surface area is 110 Å². The molecule has 0 fully saturated rings. The predicted molar refractivity (Wildman–Crippen MR) is 75.3 cm³/mol. The van der Waals surface area contributed by atoms with Gasteiger partial charge in [-0.2, -0.15) is 11.8 Å².